The number of anilines is 1. The Hall–Kier alpha value is -5.80. The zero-order valence-electron chi connectivity index (χ0n) is 30.4. The Labute approximate surface area is 313 Å². The predicted octanol–water partition coefficient (Wildman–Crippen LogP) is 1.10. The van der Waals surface area contributed by atoms with Crippen molar-refractivity contribution >= 4 is 47.2 Å². The zero-order valence-corrected chi connectivity index (χ0v) is 30.4. The van der Waals surface area contributed by atoms with Crippen molar-refractivity contribution < 1.29 is 38.3 Å². The molecule has 4 aliphatic heterocycles. The Bertz CT molecular complexity index is 1790. The molecule has 0 aliphatic carbocycles. The number of hydrogen-bond donors (Lipinski definition) is 4. The molecule has 0 unspecified atom stereocenters. The molecular formula is C38H46N8O8. The Morgan fingerprint density at radius 2 is 1.69 bits per heavy atom. The van der Waals surface area contributed by atoms with Gasteiger partial charge in [0.1, 0.15) is 42.5 Å². The number of carbonyl (C=O) groups excluding carboxylic acids is 7. The number of allylic oxidation sites excluding steroid dienone is 1. The first kappa shape index (κ1) is 37.9. The largest absolute Gasteiger partial charge is 0.461 e. The van der Waals surface area contributed by atoms with Crippen molar-refractivity contribution in [2.75, 3.05) is 31.6 Å². The van der Waals surface area contributed by atoms with E-state index in [0.29, 0.717) is 37.8 Å². The van der Waals surface area contributed by atoms with Crippen LogP contribution in [0.15, 0.2) is 66.6 Å². The number of urea groups is 1. The highest BCUT2D eigenvalue weighted by Gasteiger charge is 2.45. The van der Waals surface area contributed by atoms with Gasteiger partial charge in [0.2, 0.25) is 23.6 Å². The minimum Gasteiger partial charge on any atom is -0.461 e. The summed E-state index contributed by atoms with van der Waals surface area (Å²) in [6.07, 6.45) is 6.96. The van der Waals surface area contributed by atoms with Gasteiger partial charge in [-0.15, -0.1) is 0 Å². The first-order chi connectivity index (χ1) is 26.0. The number of nitrogens with one attached hydrogen (secondary N) is 4. The van der Waals surface area contributed by atoms with E-state index in [9.17, 15) is 33.6 Å². The van der Waals surface area contributed by atoms with Crippen LogP contribution in [0.2, 0.25) is 0 Å². The zero-order chi connectivity index (χ0) is 38.4. The first-order valence-electron chi connectivity index (χ1n) is 18.4. The molecule has 3 saturated heterocycles. The number of fused-ring (bicyclic) bond motifs is 3. The van der Waals surface area contributed by atoms with Crippen LogP contribution in [0.25, 0.3) is 0 Å². The number of benzene rings is 1. The molecule has 3 fully saturated rings. The van der Waals surface area contributed by atoms with Crippen LogP contribution in [0, 0.1) is 5.92 Å². The van der Waals surface area contributed by atoms with Crippen LogP contribution in [-0.2, 0) is 39.9 Å². The third kappa shape index (κ3) is 8.69. The third-order valence-corrected chi connectivity index (χ3v) is 10.2. The summed E-state index contributed by atoms with van der Waals surface area (Å²) >= 11 is 0. The maximum absolute atomic E-state index is 14.4. The highest BCUT2D eigenvalue weighted by molar-refractivity contribution is 6.02. The van der Waals surface area contributed by atoms with E-state index in [0.717, 1.165) is 5.56 Å². The van der Waals surface area contributed by atoms with Crippen molar-refractivity contribution in [3.63, 3.8) is 0 Å². The van der Waals surface area contributed by atoms with Crippen LogP contribution >= 0.6 is 0 Å². The van der Waals surface area contributed by atoms with Gasteiger partial charge >= 0.3 is 12.0 Å². The average Bonchev–Trinajstić information content (AvgIpc) is 3.83. The van der Waals surface area contributed by atoms with Gasteiger partial charge in [-0.05, 0) is 62.6 Å². The SMILES string of the molecule is C[C@@H]1C[C@H]2C(=O)OC[C@H](NC(=O)[C@H](Cc3ccccc3)NC(=O)Nc3ccncc3)C(=O)N3CCC[C@H]3C(=O)N3CCCC=C3C(=O)N[C@@H](C)C(=O)N2C1. The Balaban J connectivity index is 1.30. The van der Waals surface area contributed by atoms with Crippen LogP contribution in [0.4, 0.5) is 10.5 Å². The fourth-order valence-electron chi connectivity index (χ4n) is 7.45. The molecule has 1 aromatic heterocycles. The molecule has 6 rings (SSSR count). The lowest BCUT2D eigenvalue weighted by atomic mass is 10.0. The van der Waals surface area contributed by atoms with E-state index < -0.39 is 78.4 Å². The lowest BCUT2D eigenvalue weighted by molar-refractivity contribution is -0.157. The van der Waals surface area contributed by atoms with Gasteiger partial charge in [0.25, 0.3) is 5.91 Å². The molecule has 54 heavy (non-hydrogen) atoms. The second-order valence-corrected chi connectivity index (χ2v) is 14.2. The van der Waals surface area contributed by atoms with E-state index in [1.165, 1.54) is 34.0 Å². The topological polar surface area (TPSA) is 199 Å². The van der Waals surface area contributed by atoms with Crippen molar-refractivity contribution in [1.82, 2.24) is 35.6 Å². The first-order valence-corrected chi connectivity index (χ1v) is 18.4. The van der Waals surface area contributed by atoms with Crippen LogP contribution < -0.4 is 21.3 Å². The van der Waals surface area contributed by atoms with Crippen molar-refractivity contribution in [3.05, 3.63) is 72.2 Å². The Morgan fingerprint density at radius 1 is 0.926 bits per heavy atom. The third-order valence-electron chi connectivity index (χ3n) is 10.2. The van der Waals surface area contributed by atoms with Gasteiger partial charge in [-0.25, -0.2) is 9.59 Å². The minimum absolute atomic E-state index is 0.0588. The average molecular weight is 743 g/mol. The molecule has 16 nitrogen and oxygen atoms in total. The molecule has 16 heteroatoms. The summed E-state index contributed by atoms with van der Waals surface area (Å²) < 4.78 is 5.72. The molecule has 6 atom stereocenters. The molecule has 7 amide bonds. The van der Waals surface area contributed by atoms with Crippen LogP contribution in [-0.4, -0.2) is 118 Å². The number of ether oxygens (including phenoxy) is 1. The molecular weight excluding hydrogens is 696 g/mol. The van der Waals surface area contributed by atoms with E-state index in [4.69, 9.17) is 4.74 Å². The number of pyridine rings is 1. The van der Waals surface area contributed by atoms with Crippen LogP contribution in [0.1, 0.15) is 51.5 Å². The summed E-state index contributed by atoms with van der Waals surface area (Å²) in [5.41, 5.74) is 1.28. The summed E-state index contributed by atoms with van der Waals surface area (Å²) in [5, 5.41) is 10.8. The molecule has 4 aliphatic rings. The number of esters is 1. The standard InChI is InChI=1S/C38H46N8O8/c1-23-19-31-37(52)54-22-28(42-32(47)27(20-25-9-4-3-5-10-25)43-38(53)41-26-13-15-39-16-14-26)35(50)45-18-8-12-30(45)36(51)44-17-7-6-11-29(44)33(48)40-24(2)34(49)46(31)21-23/h3-5,9-11,13-16,23-24,27-28,30-31H,6-8,12,17-22H2,1-2H3,(H,40,48)(H,42,47)(H2,39,41,43,53)/t23-,24+,27+,28+,30+,31+/m1/s1. The highest BCUT2D eigenvalue weighted by atomic mass is 16.5. The smallest absolute Gasteiger partial charge is 0.328 e. The van der Waals surface area contributed by atoms with Gasteiger partial charge in [-0.1, -0.05) is 43.3 Å². The minimum atomic E-state index is -1.45. The monoisotopic (exact) mass is 742 g/mol. The van der Waals surface area contributed by atoms with E-state index >= 15 is 0 Å². The van der Waals surface area contributed by atoms with E-state index in [2.05, 4.69) is 26.3 Å². The molecule has 0 spiro atoms. The van der Waals surface area contributed by atoms with E-state index in [1.807, 2.05) is 13.0 Å². The lowest BCUT2D eigenvalue weighted by Gasteiger charge is -2.35. The number of carbonyl (C=O) groups is 7. The number of nitrogens with zero attached hydrogens (tertiary/aromatic N) is 4. The quantitative estimate of drug-likeness (QED) is 0.313. The van der Waals surface area contributed by atoms with Gasteiger partial charge < -0.3 is 40.7 Å². The molecule has 5 heterocycles. The number of hydrogen-bond acceptors (Lipinski definition) is 9. The fraction of sp³-hybridized carbons (Fsp3) is 0.474. The van der Waals surface area contributed by atoms with Gasteiger partial charge in [0.15, 0.2) is 0 Å². The van der Waals surface area contributed by atoms with Crippen molar-refractivity contribution in [2.24, 2.45) is 5.92 Å². The van der Waals surface area contributed by atoms with E-state index in [-0.39, 0.29) is 37.7 Å². The van der Waals surface area contributed by atoms with E-state index in [1.54, 1.807) is 42.5 Å². The summed E-state index contributed by atoms with van der Waals surface area (Å²) in [7, 11) is 0. The summed E-state index contributed by atoms with van der Waals surface area (Å²) in [6, 6.07) is 5.90. The Kier molecular flexibility index (Phi) is 11.9. The van der Waals surface area contributed by atoms with Crippen molar-refractivity contribution in [2.45, 2.75) is 82.6 Å². The summed E-state index contributed by atoms with van der Waals surface area (Å²) in [6.45, 7) is 3.51. The van der Waals surface area contributed by atoms with Gasteiger partial charge in [-0.3, -0.25) is 29.0 Å². The van der Waals surface area contributed by atoms with Crippen molar-refractivity contribution in [3.8, 4) is 0 Å². The Morgan fingerprint density at radius 3 is 2.44 bits per heavy atom. The summed E-state index contributed by atoms with van der Waals surface area (Å²) in [5.74, 6) is -3.76. The second-order valence-electron chi connectivity index (χ2n) is 14.2. The molecule has 286 valence electrons. The molecule has 0 bridgehead atoms. The maximum atomic E-state index is 14.4. The van der Waals surface area contributed by atoms with Gasteiger partial charge in [0.05, 0.1) is 0 Å². The van der Waals surface area contributed by atoms with Gasteiger partial charge in [0, 0.05) is 44.1 Å². The lowest BCUT2D eigenvalue weighted by Crippen LogP contribution is -2.60. The number of cyclic esters (lactones) is 1. The summed E-state index contributed by atoms with van der Waals surface area (Å²) in [4.78, 5) is 105. The predicted molar refractivity (Wildman–Crippen MR) is 194 cm³/mol. The molecule has 0 saturated carbocycles. The molecule has 1 aromatic carbocycles. The van der Waals surface area contributed by atoms with Gasteiger partial charge in [-0.2, -0.15) is 0 Å². The molecule has 4 N–H and O–H groups in total. The molecule has 2 aromatic rings. The second kappa shape index (κ2) is 16.9. The highest BCUT2D eigenvalue weighted by Crippen LogP contribution is 2.27. The maximum Gasteiger partial charge on any atom is 0.328 e. The van der Waals surface area contributed by atoms with Crippen molar-refractivity contribution in [1.29, 1.82) is 0 Å². The molecule has 0 radical (unpaired) electrons. The van der Waals surface area contributed by atoms with Crippen LogP contribution in [0.5, 0.6) is 0 Å². The number of rotatable bonds is 6. The normalized spacial score (nSPS) is 25.7. The number of amides is 7. The number of aromatic nitrogens is 1. The fourth-order valence-corrected chi connectivity index (χ4v) is 7.45. The van der Waals surface area contributed by atoms with Crippen LogP contribution in [0.3, 0.4) is 0 Å².